The lowest BCUT2D eigenvalue weighted by molar-refractivity contribution is 0.279. The van der Waals surface area contributed by atoms with Crippen LogP contribution in [0.4, 0.5) is 0 Å². The van der Waals surface area contributed by atoms with Gasteiger partial charge in [0.15, 0.2) is 0 Å². The van der Waals surface area contributed by atoms with Gasteiger partial charge in [0, 0.05) is 11.3 Å². The highest BCUT2D eigenvalue weighted by atomic mass is 32.2. The first-order valence-electron chi connectivity index (χ1n) is 4.24. The van der Waals surface area contributed by atoms with Crippen molar-refractivity contribution in [3.05, 3.63) is 0 Å². The summed E-state index contributed by atoms with van der Waals surface area (Å²) in [5, 5.41) is 9.19. The van der Waals surface area contributed by atoms with Crippen LogP contribution in [0.3, 0.4) is 0 Å². The van der Waals surface area contributed by atoms with Crippen LogP contribution in [-0.2, 0) is 0 Å². The Morgan fingerprint density at radius 3 is 2.45 bits per heavy atom. The molecule has 0 aromatic carbocycles. The Bertz CT molecular complexity index is 90.2. The van der Waals surface area contributed by atoms with E-state index in [0.29, 0.717) is 0 Å². The molecule has 0 saturated heterocycles. The molecule has 0 aliphatic heterocycles. The third kappa shape index (κ3) is 4.67. The fraction of sp³-hybridized carbons (Fsp3) is 1.00. The predicted octanol–water partition coefficient (Wildman–Crippen LogP) is 1.23. The molecule has 3 heteroatoms. The minimum atomic E-state index is 0.162. The zero-order valence-corrected chi connectivity index (χ0v) is 8.23. The maximum atomic E-state index is 8.95. The zero-order chi connectivity index (χ0) is 8.69. The highest BCUT2D eigenvalue weighted by molar-refractivity contribution is 7.99. The molecule has 0 amide bonds. The lowest BCUT2D eigenvalue weighted by Gasteiger charge is -2.19. The van der Waals surface area contributed by atoms with Crippen LogP contribution >= 0.6 is 11.8 Å². The fourth-order valence-electron chi connectivity index (χ4n) is 1.04. The molecule has 0 fully saturated rings. The van der Waals surface area contributed by atoms with Gasteiger partial charge in [-0.25, -0.2) is 0 Å². The number of hydrogen-bond acceptors (Lipinski definition) is 3. The number of hydrogen-bond donors (Lipinski definition) is 2. The summed E-state index contributed by atoms with van der Waals surface area (Å²) in [6.07, 6.45) is 2.11. The zero-order valence-electron chi connectivity index (χ0n) is 7.42. The molecule has 0 heterocycles. The van der Waals surface area contributed by atoms with E-state index in [1.54, 1.807) is 11.8 Å². The molecule has 3 N–H and O–H groups in total. The Morgan fingerprint density at radius 2 is 2.09 bits per heavy atom. The van der Waals surface area contributed by atoms with Crippen LogP contribution in [0.25, 0.3) is 0 Å². The predicted molar refractivity (Wildman–Crippen MR) is 51.9 cm³/mol. The molecule has 0 aromatic rings. The number of aliphatic hydroxyl groups is 1. The van der Waals surface area contributed by atoms with Gasteiger partial charge < -0.3 is 10.8 Å². The monoisotopic (exact) mass is 177 g/mol. The van der Waals surface area contributed by atoms with Crippen molar-refractivity contribution in [1.82, 2.24) is 0 Å². The van der Waals surface area contributed by atoms with Crippen LogP contribution in [0.1, 0.15) is 26.7 Å². The van der Waals surface area contributed by atoms with Gasteiger partial charge in [-0.05, 0) is 12.2 Å². The van der Waals surface area contributed by atoms with Crippen LogP contribution in [-0.4, -0.2) is 28.8 Å². The van der Waals surface area contributed by atoms with Gasteiger partial charge in [-0.3, -0.25) is 0 Å². The van der Waals surface area contributed by atoms with E-state index in [0.717, 1.165) is 18.6 Å². The average molecular weight is 177 g/mol. The van der Waals surface area contributed by atoms with Crippen LogP contribution in [0, 0.1) is 0 Å². The standard InChI is InChI=1S/C8H19NOS/c1-3-5-7(9)8(6-10)11-4-2/h7-8,10H,3-6,9H2,1-2H3. The quantitative estimate of drug-likeness (QED) is 0.641. The van der Waals surface area contributed by atoms with Crippen LogP contribution in [0.15, 0.2) is 0 Å². The number of thioether (sulfide) groups is 1. The van der Waals surface area contributed by atoms with Crippen molar-refractivity contribution in [1.29, 1.82) is 0 Å². The average Bonchev–Trinajstić information content (AvgIpc) is 2.00. The SMILES string of the molecule is CCCC(N)C(CO)SCC. The third-order valence-electron chi connectivity index (χ3n) is 1.66. The van der Waals surface area contributed by atoms with Gasteiger partial charge in [-0.2, -0.15) is 11.8 Å². The molecule has 11 heavy (non-hydrogen) atoms. The van der Waals surface area contributed by atoms with Crippen molar-refractivity contribution in [2.75, 3.05) is 12.4 Å². The Morgan fingerprint density at radius 1 is 1.45 bits per heavy atom. The highest BCUT2D eigenvalue weighted by Crippen LogP contribution is 2.15. The Kier molecular flexibility index (Phi) is 7.12. The maximum absolute atomic E-state index is 8.95. The van der Waals surface area contributed by atoms with E-state index >= 15 is 0 Å². The van der Waals surface area contributed by atoms with Gasteiger partial charge in [-0.1, -0.05) is 20.3 Å². The summed E-state index contributed by atoms with van der Waals surface area (Å²) in [5.74, 6) is 1.03. The van der Waals surface area contributed by atoms with Gasteiger partial charge in [-0.15, -0.1) is 0 Å². The third-order valence-corrected chi connectivity index (χ3v) is 2.92. The van der Waals surface area contributed by atoms with E-state index in [2.05, 4.69) is 13.8 Å². The van der Waals surface area contributed by atoms with Crippen molar-refractivity contribution < 1.29 is 5.11 Å². The van der Waals surface area contributed by atoms with Crippen molar-refractivity contribution in [3.63, 3.8) is 0 Å². The molecule has 0 aliphatic rings. The van der Waals surface area contributed by atoms with E-state index in [4.69, 9.17) is 10.8 Å². The maximum Gasteiger partial charge on any atom is 0.0565 e. The summed E-state index contributed by atoms with van der Waals surface area (Å²) in [4.78, 5) is 0. The Balaban J connectivity index is 3.61. The van der Waals surface area contributed by atoms with Crippen LogP contribution in [0.5, 0.6) is 0 Å². The van der Waals surface area contributed by atoms with E-state index in [1.807, 2.05) is 0 Å². The summed E-state index contributed by atoms with van der Waals surface area (Å²) in [5.41, 5.74) is 5.84. The lowest BCUT2D eigenvalue weighted by atomic mass is 10.1. The van der Waals surface area contributed by atoms with E-state index in [9.17, 15) is 0 Å². The number of nitrogens with two attached hydrogens (primary N) is 1. The minimum absolute atomic E-state index is 0.162. The van der Waals surface area contributed by atoms with Crippen LogP contribution in [0.2, 0.25) is 0 Å². The molecular weight excluding hydrogens is 158 g/mol. The first-order chi connectivity index (χ1) is 5.26. The van der Waals surface area contributed by atoms with Crippen LogP contribution < -0.4 is 5.73 Å². The molecule has 2 atom stereocenters. The van der Waals surface area contributed by atoms with Gasteiger partial charge >= 0.3 is 0 Å². The summed E-state index contributed by atoms with van der Waals surface area (Å²) in [6.45, 7) is 4.41. The summed E-state index contributed by atoms with van der Waals surface area (Å²) < 4.78 is 0. The number of aliphatic hydroxyl groups excluding tert-OH is 1. The van der Waals surface area contributed by atoms with Gasteiger partial charge in [0.25, 0.3) is 0 Å². The van der Waals surface area contributed by atoms with Crippen molar-refractivity contribution >= 4 is 11.8 Å². The van der Waals surface area contributed by atoms with E-state index in [1.165, 1.54) is 0 Å². The summed E-state index contributed by atoms with van der Waals surface area (Å²) in [6, 6.07) is 0.162. The van der Waals surface area contributed by atoms with E-state index < -0.39 is 0 Å². The number of rotatable bonds is 6. The first kappa shape index (κ1) is 11.3. The van der Waals surface area contributed by atoms with Crippen molar-refractivity contribution in [2.45, 2.75) is 38.0 Å². The summed E-state index contributed by atoms with van der Waals surface area (Å²) in [7, 11) is 0. The second-order valence-electron chi connectivity index (χ2n) is 2.63. The smallest absolute Gasteiger partial charge is 0.0565 e. The minimum Gasteiger partial charge on any atom is -0.395 e. The molecule has 2 nitrogen and oxygen atoms in total. The highest BCUT2D eigenvalue weighted by Gasteiger charge is 2.14. The fourth-order valence-corrected chi connectivity index (χ4v) is 1.96. The molecule has 2 unspecified atom stereocenters. The van der Waals surface area contributed by atoms with E-state index in [-0.39, 0.29) is 17.9 Å². The molecule has 0 spiro atoms. The largest absolute Gasteiger partial charge is 0.395 e. The molecule has 0 bridgehead atoms. The molecule has 0 radical (unpaired) electrons. The van der Waals surface area contributed by atoms with Gasteiger partial charge in [0.1, 0.15) is 0 Å². The Labute approximate surface area is 73.6 Å². The topological polar surface area (TPSA) is 46.2 Å². The molecule has 0 rings (SSSR count). The summed E-state index contributed by atoms with van der Waals surface area (Å²) >= 11 is 1.75. The van der Waals surface area contributed by atoms with Gasteiger partial charge in [0.05, 0.1) is 6.61 Å². The molecule has 0 saturated carbocycles. The Hall–Kier alpha value is 0.270. The molecule has 0 aromatic heterocycles. The second kappa shape index (κ2) is 6.95. The van der Waals surface area contributed by atoms with Gasteiger partial charge in [0.2, 0.25) is 0 Å². The second-order valence-corrected chi connectivity index (χ2v) is 4.15. The first-order valence-corrected chi connectivity index (χ1v) is 5.29. The van der Waals surface area contributed by atoms with Crippen molar-refractivity contribution in [3.8, 4) is 0 Å². The molecule has 0 aliphatic carbocycles. The molecular formula is C8H19NOS. The molecule has 68 valence electrons. The van der Waals surface area contributed by atoms with Crippen molar-refractivity contribution in [2.24, 2.45) is 5.73 Å². The lowest BCUT2D eigenvalue weighted by Crippen LogP contribution is -2.34. The normalized spacial score (nSPS) is 16.4.